The molecular formula is C16H19N3O2S. The molecule has 0 fully saturated rings. The summed E-state index contributed by atoms with van der Waals surface area (Å²) in [4.78, 5) is 5.45. The summed E-state index contributed by atoms with van der Waals surface area (Å²) in [6.45, 7) is 1.03. The lowest BCUT2D eigenvalue weighted by atomic mass is 9.93. The molecule has 1 aromatic carbocycles. The standard InChI is InChI=1S/C16H19N3O2S/c1-19-7-4-13(5-8-19)15-11-18-16-3-2-12(10-14(15)16)6-9-22(17,20)21/h2-4,6-7,9-11,13,18H,5,8H2,1H3,(H2,17,20,21). The van der Waals surface area contributed by atoms with E-state index >= 15 is 0 Å². The van der Waals surface area contributed by atoms with Gasteiger partial charge >= 0.3 is 0 Å². The van der Waals surface area contributed by atoms with Crippen molar-refractivity contribution >= 4 is 27.0 Å². The zero-order valence-electron chi connectivity index (χ0n) is 12.4. The molecule has 0 aliphatic carbocycles. The molecule has 0 bridgehead atoms. The van der Waals surface area contributed by atoms with Crippen LogP contribution in [0.4, 0.5) is 0 Å². The number of nitrogens with two attached hydrogens (primary N) is 1. The molecule has 2 aromatic rings. The highest BCUT2D eigenvalue weighted by Crippen LogP contribution is 2.31. The largest absolute Gasteiger partial charge is 0.381 e. The Kier molecular flexibility index (Phi) is 3.80. The van der Waals surface area contributed by atoms with Crippen LogP contribution < -0.4 is 5.14 Å². The van der Waals surface area contributed by atoms with Crippen LogP contribution >= 0.6 is 0 Å². The molecule has 5 nitrogen and oxygen atoms in total. The Morgan fingerprint density at radius 2 is 2.23 bits per heavy atom. The van der Waals surface area contributed by atoms with Gasteiger partial charge in [-0.15, -0.1) is 0 Å². The number of aromatic amines is 1. The molecule has 2 heterocycles. The number of fused-ring (bicyclic) bond motifs is 1. The average molecular weight is 317 g/mol. The average Bonchev–Trinajstić information content (AvgIpc) is 2.88. The Balaban J connectivity index is 1.99. The highest BCUT2D eigenvalue weighted by atomic mass is 32.2. The third-order valence-electron chi connectivity index (χ3n) is 3.95. The third-order valence-corrected chi connectivity index (χ3v) is 4.47. The molecule has 1 aliphatic rings. The van der Waals surface area contributed by atoms with Crippen LogP contribution in [0.1, 0.15) is 23.5 Å². The van der Waals surface area contributed by atoms with E-state index in [2.05, 4.69) is 29.2 Å². The van der Waals surface area contributed by atoms with Crippen LogP contribution in [-0.4, -0.2) is 31.9 Å². The van der Waals surface area contributed by atoms with E-state index in [1.54, 1.807) is 0 Å². The van der Waals surface area contributed by atoms with Crippen molar-refractivity contribution in [1.29, 1.82) is 0 Å². The second-order valence-electron chi connectivity index (χ2n) is 5.66. The maximum absolute atomic E-state index is 11.0. The normalized spacial score (nSPS) is 19.4. The maximum Gasteiger partial charge on any atom is 0.231 e. The van der Waals surface area contributed by atoms with Crippen LogP contribution in [0.2, 0.25) is 0 Å². The summed E-state index contributed by atoms with van der Waals surface area (Å²) in [7, 11) is -1.54. The molecule has 1 aromatic heterocycles. The monoisotopic (exact) mass is 317 g/mol. The van der Waals surface area contributed by atoms with Crippen LogP contribution in [-0.2, 0) is 10.0 Å². The fourth-order valence-corrected chi connectivity index (χ4v) is 3.11. The second kappa shape index (κ2) is 5.62. The van der Waals surface area contributed by atoms with Crippen molar-refractivity contribution in [2.75, 3.05) is 13.6 Å². The number of benzene rings is 1. The van der Waals surface area contributed by atoms with Crippen LogP contribution in [0.15, 0.2) is 42.1 Å². The van der Waals surface area contributed by atoms with Gasteiger partial charge in [0, 0.05) is 42.0 Å². The molecule has 0 saturated carbocycles. The fraction of sp³-hybridized carbons (Fsp3) is 0.250. The minimum absolute atomic E-state index is 0.377. The predicted molar refractivity (Wildman–Crippen MR) is 89.6 cm³/mol. The van der Waals surface area contributed by atoms with E-state index in [1.165, 1.54) is 11.6 Å². The molecule has 0 amide bonds. The lowest BCUT2D eigenvalue weighted by molar-refractivity contribution is 0.409. The highest BCUT2D eigenvalue weighted by Gasteiger charge is 2.16. The second-order valence-corrected chi connectivity index (χ2v) is 7.11. The molecule has 3 N–H and O–H groups in total. The number of hydrogen-bond acceptors (Lipinski definition) is 3. The number of sulfonamides is 1. The lowest BCUT2D eigenvalue weighted by Crippen LogP contribution is -2.19. The van der Waals surface area contributed by atoms with Gasteiger partial charge in [-0.25, -0.2) is 13.6 Å². The van der Waals surface area contributed by atoms with Gasteiger partial charge in [0.25, 0.3) is 0 Å². The molecule has 6 heteroatoms. The highest BCUT2D eigenvalue weighted by molar-refractivity contribution is 7.92. The summed E-state index contributed by atoms with van der Waals surface area (Å²) in [5.41, 5.74) is 3.11. The van der Waals surface area contributed by atoms with Gasteiger partial charge < -0.3 is 9.88 Å². The van der Waals surface area contributed by atoms with E-state index < -0.39 is 10.0 Å². The molecule has 0 saturated heterocycles. The predicted octanol–water partition coefficient (Wildman–Crippen LogP) is 2.36. The van der Waals surface area contributed by atoms with Gasteiger partial charge in [0.05, 0.1) is 0 Å². The van der Waals surface area contributed by atoms with Gasteiger partial charge in [-0.3, -0.25) is 0 Å². The van der Waals surface area contributed by atoms with Crippen LogP contribution in [0.5, 0.6) is 0 Å². The summed E-state index contributed by atoms with van der Waals surface area (Å²) in [6, 6.07) is 5.82. The number of nitrogens with zero attached hydrogens (tertiary/aromatic N) is 1. The first kappa shape index (κ1) is 14.9. The Bertz CT molecular complexity index is 849. The zero-order chi connectivity index (χ0) is 15.7. The number of aromatic nitrogens is 1. The van der Waals surface area contributed by atoms with E-state index in [-0.39, 0.29) is 0 Å². The van der Waals surface area contributed by atoms with E-state index in [0.29, 0.717) is 5.92 Å². The SMILES string of the molecule is CN1C=CC(c2c[nH]c3ccc(C=CS(N)(=O)=O)cc23)CC1. The number of primary sulfonamides is 1. The fourth-order valence-electron chi connectivity index (χ4n) is 2.77. The maximum atomic E-state index is 11.0. The molecule has 1 atom stereocenters. The van der Waals surface area contributed by atoms with Gasteiger partial charge in [-0.1, -0.05) is 12.1 Å². The minimum atomic E-state index is -3.60. The Hall–Kier alpha value is -2.05. The number of allylic oxidation sites excluding steroid dienone is 1. The Morgan fingerprint density at radius 3 is 2.91 bits per heavy atom. The number of nitrogens with one attached hydrogen (secondary N) is 1. The summed E-state index contributed by atoms with van der Waals surface area (Å²) in [5.74, 6) is 0.377. The van der Waals surface area contributed by atoms with Crippen LogP contribution in [0.25, 0.3) is 17.0 Å². The molecular weight excluding hydrogens is 298 g/mol. The van der Waals surface area contributed by atoms with E-state index in [9.17, 15) is 8.42 Å². The Morgan fingerprint density at radius 1 is 1.41 bits per heavy atom. The molecule has 1 unspecified atom stereocenters. The summed E-state index contributed by atoms with van der Waals surface area (Å²) in [6.07, 6.45) is 8.95. The van der Waals surface area contributed by atoms with Crippen molar-refractivity contribution in [3.05, 3.63) is 53.2 Å². The van der Waals surface area contributed by atoms with E-state index in [4.69, 9.17) is 5.14 Å². The van der Waals surface area contributed by atoms with Crippen molar-refractivity contribution in [3.8, 4) is 0 Å². The van der Waals surface area contributed by atoms with Crippen LogP contribution in [0, 0.1) is 0 Å². The van der Waals surface area contributed by atoms with Crippen molar-refractivity contribution < 1.29 is 8.42 Å². The third kappa shape index (κ3) is 3.23. The van der Waals surface area contributed by atoms with Crippen LogP contribution in [0.3, 0.4) is 0 Å². The minimum Gasteiger partial charge on any atom is -0.381 e. The first-order valence-corrected chi connectivity index (χ1v) is 8.74. The summed E-state index contributed by atoms with van der Waals surface area (Å²) in [5, 5.41) is 7.15. The topological polar surface area (TPSA) is 79.2 Å². The number of H-pyrrole nitrogens is 1. The Labute approximate surface area is 130 Å². The quantitative estimate of drug-likeness (QED) is 0.912. The van der Waals surface area contributed by atoms with Gasteiger partial charge in [0.1, 0.15) is 0 Å². The smallest absolute Gasteiger partial charge is 0.231 e. The first-order chi connectivity index (χ1) is 10.4. The molecule has 3 rings (SSSR count). The molecule has 1 aliphatic heterocycles. The molecule has 22 heavy (non-hydrogen) atoms. The van der Waals surface area contributed by atoms with Crippen molar-refractivity contribution in [1.82, 2.24) is 9.88 Å². The van der Waals surface area contributed by atoms with Gasteiger partial charge in [0.15, 0.2) is 0 Å². The summed E-state index contributed by atoms with van der Waals surface area (Å²) < 4.78 is 22.1. The van der Waals surface area contributed by atoms with Crippen molar-refractivity contribution in [2.24, 2.45) is 5.14 Å². The molecule has 116 valence electrons. The molecule has 0 radical (unpaired) electrons. The number of hydrogen-bond donors (Lipinski definition) is 2. The number of rotatable bonds is 3. The van der Waals surface area contributed by atoms with Crippen molar-refractivity contribution in [3.63, 3.8) is 0 Å². The first-order valence-electron chi connectivity index (χ1n) is 7.13. The summed E-state index contributed by atoms with van der Waals surface area (Å²) >= 11 is 0. The van der Waals surface area contributed by atoms with Gasteiger partial charge in [0.2, 0.25) is 10.0 Å². The van der Waals surface area contributed by atoms with Crippen molar-refractivity contribution in [2.45, 2.75) is 12.3 Å². The molecule has 0 spiro atoms. The zero-order valence-corrected chi connectivity index (χ0v) is 13.2. The van der Waals surface area contributed by atoms with Gasteiger partial charge in [-0.05, 0) is 42.0 Å². The van der Waals surface area contributed by atoms with Gasteiger partial charge in [-0.2, -0.15) is 0 Å². The van der Waals surface area contributed by atoms with E-state index in [0.717, 1.165) is 34.8 Å². The van der Waals surface area contributed by atoms with E-state index in [1.807, 2.05) is 24.4 Å². The lowest BCUT2D eigenvalue weighted by Gasteiger charge is -2.24.